The van der Waals surface area contributed by atoms with E-state index in [2.05, 4.69) is 10.6 Å². The lowest BCUT2D eigenvalue weighted by Gasteiger charge is -2.48. The number of carboxylic acid groups (broad SMARTS) is 2. The van der Waals surface area contributed by atoms with Crippen LogP contribution in [0.5, 0.6) is 0 Å². The van der Waals surface area contributed by atoms with Gasteiger partial charge in [-0.25, -0.2) is 9.59 Å². The second-order valence-corrected chi connectivity index (χ2v) is 10.4. The molecule has 0 aliphatic carbocycles. The van der Waals surface area contributed by atoms with Gasteiger partial charge in [0.1, 0.15) is 34.2 Å². The number of rotatable bonds is 6. The fourth-order valence-electron chi connectivity index (χ4n) is 4.30. The summed E-state index contributed by atoms with van der Waals surface area (Å²) in [5, 5.41) is 22.7. The van der Waals surface area contributed by atoms with Gasteiger partial charge < -0.3 is 20.8 Å². The standard InChI is InChI=1S/C22H18N4O8S2/c27-15(23-13-17(29)25-11(21(31)32)5-7-35-19(13)25)9-1-2-10(4-3-9)16(28)24-14-18(30)26-12(22(33)34)6-8-36-20(14)26/h1-6,13-14,19-20H,7-8H2,(H,23,27)(H,24,28)(H,31,32)(H,33,34)/t13-,14-,19-,20-/m1/s1. The Morgan fingerprint density at radius 1 is 0.722 bits per heavy atom. The highest BCUT2D eigenvalue weighted by molar-refractivity contribution is 8.00. The van der Waals surface area contributed by atoms with Crippen LogP contribution in [0.4, 0.5) is 0 Å². The highest BCUT2D eigenvalue weighted by atomic mass is 32.2. The molecular formula is C22H18N4O8S2. The van der Waals surface area contributed by atoms with Crippen LogP contribution in [0.25, 0.3) is 0 Å². The zero-order valence-electron chi connectivity index (χ0n) is 18.2. The Balaban J connectivity index is 1.19. The molecule has 0 saturated carbocycles. The summed E-state index contributed by atoms with van der Waals surface area (Å²) in [5.41, 5.74) is 0.189. The molecule has 12 nitrogen and oxygen atoms in total. The van der Waals surface area contributed by atoms with Gasteiger partial charge in [-0.15, -0.1) is 23.5 Å². The second kappa shape index (κ2) is 9.02. The van der Waals surface area contributed by atoms with Gasteiger partial charge in [0.2, 0.25) is 0 Å². The first-order chi connectivity index (χ1) is 17.2. The Labute approximate surface area is 211 Å². The van der Waals surface area contributed by atoms with E-state index >= 15 is 0 Å². The number of nitrogens with zero attached hydrogens (tertiary/aromatic N) is 2. The molecule has 1 aromatic carbocycles. The summed E-state index contributed by atoms with van der Waals surface area (Å²) < 4.78 is 0. The highest BCUT2D eigenvalue weighted by Gasteiger charge is 2.53. The summed E-state index contributed by atoms with van der Waals surface area (Å²) in [6.45, 7) is 0. The number of aliphatic carboxylic acids is 2. The number of carbonyl (C=O) groups excluding carboxylic acids is 4. The van der Waals surface area contributed by atoms with Gasteiger partial charge in [0.15, 0.2) is 0 Å². The minimum absolute atomic E-state index is 0.0977. The summed E-state index contributed by atoms with van der Waals surface area (Å²) in [6, 6.07) is 3.88. The number of hydrogen-bond acceptors (Lipinski definition) is 8. The average molecular weight is 531 g/mol. The van der Waals surface area contributed by atoms with Crippen molar-refractivity contribution in [2.45, 2.75) is 22.8 Å². The molecule has 2 fully saturated rings. The molecule has 36 heavy (non-hydrogen) atoms. The predicted octanol–water partition coefficient (Wildman–Crippen LogP) is -0.349. The van der Waals surface area contributed by atoms with Crippen molar-refractivity contribution in [3.05, 3.63) is 58.9 Å². The monoisotopic (exact) mass is 530 g/mol. The number of carbonyl (C=O) groups is 6. The summed E-state index contributed by atoms with van der Waals surface area (Å²) in [5.74, 6) is -3.72. The summed E-state index contributed by atoms with van der Waals surface area (Å²) in [6.07, 6.45) is 2.90. The third kappa shape index (κ3) is 3.82. The number of nitrogens with one attached hydrogen (secondary N) is 2. The zero-order chi connectivity index (χ0) is 25.7. The van der Waals surface area contributed by atoms with Crippen molar-refractivity contribution in [3.63, 3.8) is 0 Å². The summed E-state index contributed by atoms with van der Waals surface area (Å²) in [7, 11) is 0. The lowest BCUT2D eigenvalue weighted by atomic mass is 10.0. The van der Waals surface area contributed by atoms with Gasteiger partial charge in [0, 0.05) is 22.6 Å². The van der Waals surface area contributed by atoms with Crippen LogP contribution in [0, 0.1) is 0 Å². The number of hydrogen-bond donors (Lipinski definition) is 4. The molecule has 0 spiro atoms. The number of fused-ring (bicyclic) bond motifs is 2. The molecule has 5 rings (SSSR count). The van der Waals surface area contributed by atoms with Crippen molar-refractivity contribution < 1.29 is 39.0 Å². The molecule has 4 amide bonds. The van der Waals surface area contributed by atoms with Crippen LogP contribution in [0.1, 0.15) is 20.7 Å². The van der Waals surface area contributed by atoms with Crippen LogP contribution < -0.4 is 10.6 Å². The topological polar surface area (TPSA) is 173 Å². The molecule has 4 heterocycles. The molecule has 0 unspecified atom stereocenters. The minimum atomic E-state index is -1.20. The fraction of sp³-hybridized carbons (Fsp3) is 0.273. The SMILES string of the molecule is O=C(O)C1=CCS[C@@H]2[C@H](NC(=O)c3ccc(C(=O)N[C@@H]4C(=O)N5C(C(=O)O)=CCS[C@H]45)cc3)C(=O)N12. The molecule has 4 N–H and O–H groups in total. The normalized spacial score (nSPS) is 26.3. The first kappa shape index (κ1) is 23.9. The molecule has 0 bridgehead atoms. The van der Waals surface area contributed by atoms with E-state index in [0.29, 0.717) is 11.5 Å². The molecule has 14 heteroatoms. The minimum Gasteiger partial charge on any atom is -0.477 e. The molecular weight excluding hydrogens is 512 g/mol. The third-order valence-electron chi connectivity index (χ3n) is 6.11. The van der Waals surface area contributed by atoms with Crippen molar-refractivity contribution in [3.8, 4) is 0 Å². The van der Waals surface area contributed by atoms with E-state index in [1.807, 2.05) is 0 Å². The molecule has 4 aliphatic heterocycles. The van der Waals surface area contributed by atoms with Gasteiger partial charge >= 0.3 is 11.9 Å². The fourth-order valence-corrected chi connectivity index (χ4v) is 6.69. The maximum atomic E-state index is 12.7. The van der Waals surface area contributed by atoms with E-state index in [9.17, 15) is 39.0 Å². The molecule has 4 atom stereocenters. The maximum Gasteiger partial charge on any atom is 0.352 e. The Bertz CT molecular complexity index is 1180. The van der Waals surface area contributed by atoms with Crippen LogP contribution in [0.15, 0.2) is 47.8 Å². The van der Waals surface area contributed by atoms with Crippen LogP contribution in [-0.2, 0) is 19.2 Å². The number of carboxylic acids is 2. The van der Waals surface area contributed by atoms with Gasteiger partial charge in [-0.2, -0.15) is 0 Å². The van der Waals surface area contributed by atoms with Crippen molar-refractivity contribution in [2.24, 2.45) is 0 Å². The molecule has 4 aliphatic rings. The lowest BCUT2D eigenvalue weighted by molar-refractivity contribution is -0.148. The first-order valence-electron chi connectivity index (χ1n) is 10.7. The average Bonchev–Trinajstić information content (AvgIpc) is 2.88. The van der Waals surface area contributed by atoms with E-state index in [1.54, 1.807) is 0 Å². The van der Waals surface area contributed by atoms with Gasteiger partial charge in [0.25, 0.3) is 23.6 Å². The third-order valence-corrected chi connectivity index (χ3v) is 8.48. The molecule has 1 aromatic rings. The second-order valence-electron chi connectivity index (χ2n) is 8.13. The van der Waals surface area contributed by atoms with E-state index in [4.69, 9.17) is 0 Å². The Morgan fingerprint density at radius 3 is 1.42 bits per heavy atom. The highest BCUT2D eigenvalue weighted by Crippen LogP contribution is 2.38. The smallest absolute Gasteiger partial charge is 0.352 e. The molecule has 0 aromatic heterocycles. The van der Waals surface area contributed by atoms with Crippen LogP contribution in [0.3, 0.4) is 0 Å². The van der Waals surface area contributed by atoms with Crippen molar-refractivity contribution in [2.75, 3.05) is 11.5 Å². The van der Waals surface area contributed by atoms with Crippen molar-refractivity contribution in [1.29, 1.82) is 0 Å². The van der Waals surface area contributed by atoms with E-state index in [1.165, 1.54) is 59.9 Å². The Morgan fingerprint density at radius 2 is 1.08 bits per heavy atom. The van der Waals surface area contributed by atoms with Gasteiger partial charge in [-0.3, -0.25) is 29.0 Å². The maximum absolute atomic E-state index is 12.7. The van der Waals surface area contributed by atoms with E-state index in [0.717, 1.165) is 9.80 Å². The van der Waals surface area contributed by atoms with Gasteiger partial charge in [-0.05, 0) is 36.4 Å². The number of amides is 4. The molecule has 186 valence electrons. The van der Waals surface area contributed by atoms with Crippen LogP contribution >= 0.6 is 23.5 Å². The lowest BCUT2D eigenvalue weighted by Crippen LogP contribution is -2.70. The van der Waals surface area contributed by atoms with Crippen LogP contribution in [-0.4, -0.2) is 89.9 Å². The van der Waals surface area contributed by atoms with Crippen molar-refractivity contribution in [1.82, 2.24) is 20.4 Å². The van der Waals surface area contributed by atoms with E-state index in [-0.39, 0.29) is 22.5 Å². The van der Waals surface area contributed by atoms with Gasteiger partial charge in [0.05, 0.1) is 0 Å². The van der Waals surface area contributed by atoms with Crippen LogP contribution in [0.2, 0.25) is 0 Å². The van der Waals surface area contributed by atoms with E-state index < -0.39 is 58.4 Å². The Kier molecular flexibility index (Phi) is 6.00. The number of benzene rings is 1. The number of β-lactam (4-membered cyclic amide) rings is 2. The van der Waals surface area contributed by atoms with Gasteiger partial charge in [-0.1, -0.05) is 0 Å². The molecule has 0 radical (unpaired) electrons. The largest absolute Gasteiger partial charge is 0.477 e. The first-order valence-corrected chi connectivity index (χ1v) is 12.8. The summed E-state index contributed by atoms with van der Waals surface area (Å²) >= 11 is 2.68. The predicted molar refractivity (Wildman–Crippen MR) is 127 cm³/mol. The zero-order valence-corrected chi connectivity index (χ0v) is 19.9. The number of thioether (sulfide) groups is 2. The van der Waals surface area contributed by atoms with Crippen molar-refractivity contribution >= 4 is 59.1 Å². The quantitative estimate of drug-likeness (QED) is 0.356. The Hall–Kier alpha value is -3.78. The summed E-state index contributed by atoms with van der Waals surface area (Å²) in [4.78, 5) is 75.1. The molecule has 2 saturated heterocycles.